The first-order chi connectivity index (χ1) is 12.9. The quantitative estimate of drug-likeness (QED) is 0.238. The summed E-state index contributed by atoms with van der Waals surface area (Å²) in [5.74, 6) is 0.991. The van der Waals surface area contributed by atoms with Crippen molar-refractivity contribution in [2.24, 2.45) is 0 Å². The summed E-state index contributed by atoms with van der Waals surface area (Å²) in [5.41, 5.74) is 1.41. The van der Waals surface area contributed by atoms with Crippen LogP contribution in [0.2, 0.25) is 0 Å². The highest BCUT2D eigenvalue weighted by Crippen LogP contribution is 2.18. The largest absolute Gasteiger partial charge is 0.487 e. The number of rotatable bonds is 18. The maximum Gasteiger partial charge on any atom is 0.135 e. The number of aryl methyl sites for hydroxylation is 1. The molecule has 0 fully saturated rings. The first-order valence-electron chi connectivity index (χ1n) is 11.4. The van der Waals surface area contributed by atoms with E-state index in [1.54, 1.807) is 0 Å². The highest BCUT2D eigenvalue weighted by Gasteiger charge is 1.99. The van der Waals surface area contributed by atoms with Gasteiger partial charge in [0.1, 0.15) is 12.4 Å². The van der Waals surface area contributed by atoms with Crippen LogP contribution >= 0.6 is 0 Å². The van der Waals surface area contributed by atoms with E-state index in [1.165, 1.54) is 95.5 Å². The molecule has 1 heteroatoms. The third-order valence-corrected chi connectivity index (χ3v) is 5.09. The second-order valence-corrected chi connectivity index (χ2v) is 7.71. The molecular weight excluding hydrogens is 316 g/mol. The summed E-state index contributed by atoms with van der Waals surface area (Å²) >= 11 is 0. The molecule has 0 spiro atoms. The van der Waals surface area contributed by atoms with Gasteiger partial charge in [-0.15, -0.1) is 0 Å². The van der Waals surface area contributed by atoms with Gasteiger partial charge >= 0.3 is 0 Å². The normalized spacial score (nSPS) is 11.0. The number of benzene rings is 1. The molecule has 1 aromatic rings. The van der Waals surface area contributed by atoms with E-state index in [0.717, 1.165) is 18.6 Å². The molecule has 0 atom stereocenters. The van der Waals surface area contributed by atoms with Crippen LogP contribution in [-0.2, 0) is 6.42 Å². The predicted octanol–water partition coefficient (Wildman–Crippen LogP) is 8.66. The van der Waals surface area contributed by atoms with Crippen molar-refractivity contribution in [3.63, 3.8) is 0 Å². The van der Waals surface area contributed by atoms with E-state index in [-0.39, 0.29) is 0 Å². The smallest absolute Gasteiger partial charge is 0.135 e. The molecule has 0 aromatic heterocycles. The molecule has 0 unspecified atom stereocenters. The molecule has 1 radical (unpaired) electrons. The topological polar surface area (TPSA) is 9.23 Å². The molecule has 0 aliphatic heterocycles. The van der Waals surface area contributed by atoms with Gasteiger partial charge in [-0.3, -0.25) is 0 Å². The molecule has 0 N–H and O–H groups in total. The summed E-state index contributed by atoms with van der Waals surface area (Å²) in [6.07, 6.45) is 21.8. The van der Waals surface area contributed by atoms with E-state index in [2.05, 4.69) is 38.1 Å². The standard InChI is InChI=1S/C25H43O/c1-3-5-7-8-9-10-11-12-13-14-15-16-17-19-24-20-18-21-25(23-24)26-22-6-4-2/h18,20-23H,3-17,19H2,1-2H3. The Bertz CT molecular complexity index is 412. The van der Waals surface area contributed by atoms with E-state index < -0.39 is 0 Å². The predicted molar refractivity (Wildman–Crippen MR) is 116 cm³/mol. The molecule has 26 heavy (non-hydrogen) atoms. The summed E-state index contributed by atoms with van der Waals surface area (Å²) < 4.78 is 5.68. The third kappa shape index (κ3) is 13.3. The number of hydrogen-bond donors (Lipinski definition) is 0. The monoisotopic (exact) mass is 359 g/mol. The summed E-state index contributed by atoms with van der Waals surface area (Å²) in [7, 11) is 0. The van der Waals surface area contributed by atoms with Crippen molar-refractivity contribution in [1.82, 2.24) is 0 Å². The Labute approximate surface area is 163 Å². The maximum absolute atomic E-state index is 5.68. The third-order valence-electron chi connectivity index (χ3n) is 5.09. The average Bonchev–Trinajstić information content (AvgIpc) is 2.66. The van der Waals surface area contributed by atoms with Gasteiger partial charge in [0, 0.05) is 0 Å². The summed E-state index contributed by atoms with van der Waals surface area (Å²) in [6, 6.07) is 8.60. The van der Waals surface area contributed by atoms with Gasteiger partial charge < -0.3 is 4.74 Å². The van der Waals surface area contributed by atoms with Crippen LogP contribution in [0.1, 0.15) is 116 Å². The Morgan fingerprint density at radius 1 is 0.692 bits per heavy atom. The van der Waals surface area contributed by atoms with Gasteiger partial charge in [0.25, 0.3) is 0 Å². The van der Waals surface area contributed by atoms with Crippen molar-refractivity contribution < 1.29 is 4.74 Å². The highest BCUT2D eigenvalue weighted by molar-refractivity contribution is 5.28. The van der Waals surface area contributed by atoms with Crippen molar-refractivity contribution >= 4 is 0 Å². The lowest BCUT2D eigenvalue weighted by Crippen LogP contribution is -1.92. The minimum atomic E-state index is 0.991. The van der Waals surface area contributed by atoms with Crippen LogP contribution in [0.25, 0.3) is 0 Å². The zero-order valence-corrected chi connectivity index (χ0v) is 17.6. The molecule has 0 bridgehead atoms. The molecule has 1 aromatic carbocycles. The molecule has 1 rings (SSSR count). The van der Waals surface area contributed by atoms with Crippen molar-refractivity contribution in [3.05, 3.63) is 36.4 Å². The van der Waals surface area contributed by atoms with E-state index in [0.29, 0.717) is 0 Å². The Kier molecular flexibility index (Phi) is 15.5. The zero-order valence-electron chi connectivity index (χ0n) is 17.6. The fourth-order valence-corrected chi connectivity index (χ4v) is 3.39. The van der Waals surface area contributed by atoms with Crippen LogP contribution in [-0.4, -0.2) is 0 Å². The zero-order chi connectivity index (χ0) is 18.7. The van der Waals surface area contributed by atoms with E-state index >= 15 is 0 Å². The van der Waals surface area contributed by atoms with Crippen LogP contribution < -0.4 is 4.74 Å². The van der Waals surface area contributed by atoms with Gasteiger partial charge in [0.15, 0.2) is 0 Å². The van der Waals surface area contributed by atoms with Crippen LogP contribution in [0.15, 0.2) is 24.3 Å². The molecule has 0 saturated heterocycles. The summed E-state index contributed by atoms with van der Waals surface area (Å²) in [6.45, 7) is 6.38. The minimum absolute atomic E-state index is 0.991. The molecule has 0 amide bonds. The summed E-state index contributed by atoms with van der Waals surface area (Å²) in [4.78, 5) is 0. The van der Waals surface area contributed by atoms with Gasteiger partial charge in [0.05, 0.1) is 0 Å². The SMILES string of the molecule is CCC[CH]Oc1cccc(CCCCCCCCCCCCCCC)c1. The Hall–Kier alpha value is -0.980. The van der Waals surface area contributed by atoms with Gasteiger partial charge in [0.2, 0.25) is 0 Å². The van der Waals surface area contributed by atoms with Gasteiger partial charge in [-0.1, -0.05) is 109 Å². The fraction of sp³-hybridized carbons (Fsp3) is 0.720. The molecule has 149 valence electrons. The van der Waals surface area contributed by atoms with Gasteiger partial charge in [-0.05, 0) is 37.0 Å². The lowest BCUT2D eigenvalue weighted by atomic mass is 10.0. The molecule has 0 saturated carbocycles. The minimum Gasteiger partial charge on any atom is -0.487 e. The van der Waals surface area contributed by atoms with Gasteiger partial charge in [-0.2, -0.15) is 0 Å². The first-order valence-corrected chi connectivity index (χ1v) is 11.4. The number of unbranched alkanes of at least 4 members (excludes halogenated alkanes) is 13. The Balaban J connectivity index is 1.92. The van der Waals surface area contributed by atoms with Crippen molar-refractivity contribution in [1.29, 1.82) is 0 Å². The summed E-state index contributed by atoms with van der Waals surface area (Å²) in [5, 5.41) is 0. The lowest BCUT2D eigenvalue weighted by Gasteiger charge is -2.07. The number of ether oxygens (including phenoxy) is 1. The van der Waals surface area contributed by atoms with Crippen molar-refractivity contribution in [2.75, 3.05) is 0 Å². The highest BCUT2D eigenvalue weighted by atomic mass is 16.5. The van der Waals surface area contributed by atoms with E-state index in [4.69, 9.17) is 4.74 Å². The lowest BCUT2D eigenvalue weighted by molar-refractivity contribution is 0.389. The Morgan fingerprint density at radius 2 is 1.27 bits per heavy atom. The van der Waals surface area contributed by atoms with Crippen LogP contribution in [0.3, 0.4) is 0 Å². The molecular formula is C25H43O. The van der Waals surface area contributed by atoms with E-state index in [1.807, 2.05) is 6.61 Å². The van der Waals surface area contributed by atoms with Gasteiger partial charge in [-0.25, -0.2) is 0 Å². The molecule has 1 nitrogen and oxygen atoms in total. The molecule has 0 aliphatic carbocycles. The Morgan fingerprint density at radius 3 is 1.85 bits per heavy atom. The van der Waals surface area contributed by atoms with Crippen molar-refractivity contribution in [3.8, 4) is 5.75 Å². The second kappa shape index (κ2) is 17.4. The number of hydrogen-bond acceptors (Lipinski definition) is 1. The first kappa shape index (κ1) is 23.1. The van der Waals surface area contributed by atoms with Crippen LogP contribution in [0.4, 0.5) is 0 Å². The maximum atomic E-state index is 5.68. The van der Waals surface area contributed by atoms with Crippen molar-refractivity contribution in [2.45, 2.75) is 117 Å². The van der Waals surface area contributed by atoms with E-state index in [9.17, 15) is 0 Å². The second-order valence-electron chi connectivity index (χ2n) is 7.71. The average molecular weight is 360 g/mol. The molecule has 0 heterocycles. The van der Waals surface area contributed by atoms with Crippen LogP contribution in [0.5, 0.6) is 5.75 Å². The van der Waals surface area contributed by atoms with Crippen LogP contribution in [0, 0.1) is 6.61 Å². The molecule has 0 aliphatic rings. The fourth-order valence-electron chi connectivity index (χ4n) is 3.39.